The number of fused-ring (bicyclic) bond motifs is 8. The number of para-hydroxylation sites is 7. The summed E-state index contributed by atoms with van der Waals surface area (Å²) < 4.78 is 0. The van der Waals surface area contributed by atoms with Gasteiger partial charge in [0, 0.05) is 33.0 Å². The maximum atomic E-state index is 6.72. The molecule has 18 aromatic rings. The maximum Gasteiger partial charge on any atom is 2.00 e. The second-order valence-electron chi connectivity index (χ2n) is 44.5. The molecule has 2 aliphatic heterocycles. The van der Waals surface area contributed by atoms with Crippen molar-refractivity contribution in [2.75, 3.05) is 0 Å². The molecule has 0 N–H and O–H groups in total. The zero-order valence-electron chi connectivity index (χ0n) is 78.6. The van der Waals surface area contributed by atoms with Gasteiger partial charge in [-0.05, 0) is 251 Å². The Morgan fingerprint density at radius 2 is 0.380 bits per heavy atom. The third-order valence-corrected chi connectivity index (χ3v) is 26.7. The Bertz CT molecular complexity index is 7180. The van der Waals surface area contributed by atoms with Crippen LogP contribution in [-0.4, -0.2) is 44.9 Å². The third kappa shape index (κ3) is 14.6. The molecule has 642 valence electrons. The first kappa shape index (κ1) is 84.6. The van der Waals surface area contributed by atoms with E-state index in [1.807, 2.05) is 30.3 Å². The average molecular weight is 1780 g/mol. The number of hydrogen-bond acceptors (Lipinski definition) is 9. The summed E-state index contributed by atoms with van der Waals surface area (Å²) in [5.41, 5.74) is 34.2. The molecule has 6 aromatic heterocycles. The van der Waals surface area contributed by atoms with Crippen molar-refractivity contribution < 1.29 is 20.4 Å². The van der Waals surface area contributed by atoms with Crippen LogP contribution in [0.3, 0.4) is 0 Å². The summed E-state index contributed by atoms with van der Waals surface area (Å²) >= 11 is 0. The summed E-state index contributed by atoms with van der Waals surface area (Å²) in [5.74, 6) is 0. The number of aromatic nitrogens is 11. The van der Waals surface area contributed by atoms with E-state index in [9.17, 15) is 0 Å². The molecule has 8 bridgehead atoms. The SMILES string of the molecule is CC(C)(C)c1cc(-c2c3nc(c(-c4cc(C(C)(C)C)cc(C(C)(C)C)c4)c4[n-]c(c(-c5cc(C(C)(C)C)cc(C(C)(C)C)c5)c5nc(c(-c6cc(C(C)(C)C)cc(C(C)(C)C)c6)c6[n-]c2c2cc7nc8ccccc8nc7cc62)-c2cc6nc7ccccc7nc6cc2-5)c2cc5nc6ccccc6nc5cc42)-c2cc4nc5ccccc5cc4cc2-3)cc(C(C)(C)C)c1.[Pd+2]. The van der Waals surface area contributed by atoms with Gasteiger partial charge in [0.05, 0.1) is 100 Å². The minimum Gasteiger partial charge on any atom is -0.656 e. The largest absolute Gasteiger partial charge is 2.00 e. The van der Waals surface area contributed by atoms with Gasteiger partial charge in [0.15, 0.2) is 0 Å². The summed E-state index contributed by atoms with van der Waals surface area (Å²) in [6.45, 7) is 55.9. The second-order valence-corrected chi connectivity index (χ2v) is 44.5. The molecule has 12 heteroatoms. The van der Waals surface area contributed by atoms with Crippen molar-refractivity contribution in [1.29, 1.82) is 0 Å². The first-order valence-corrected chi connectivity index (χ1v) is 45.4. The fraction of sp³-hybridized carbons (Fsp3) is 0.274. The van der Waals surface area contributed by atoms with Crippen LogP contribution in [0.4, 0.5) is 0 Å². The van der Waals surface area contributed by atoms with Crippen LogP contribution in [0.5, 0.6) is 0 Å². The van der Waals surface area contributed by atoms with Gasteiger partial charge < -0.3 is 9.97 Å². The molecule has 0 saturated heterocycles. The molecule has 0 radical (unpaired) electrons. The number of hydrogen-bond donors (Lipinski definition) is 0. The smallest absolute Gasteiger partial charge is 0.656 e. The monoisotopic (exact) mass is 1770 g/mol. The van der Waals surface area contributed by atoms with Crippen LogP contribution in [0.15, 0.2) is 224 Å². The first-order chi connectivity index (χ1) is 60.4. The molecule has 0 fully saturated rings. The summed E-state index contributed by atoms with van der Waals surface area (Å²) in [6.07, 6.45) is 0. The van der Waals surface area contributed by atoms with Gasteiger partial charge in [-0.2, -0.15) is 0 Å². The summed E-state index contributed by atoms with van der Waals surface area (Å²) in [5, 5.41) is 5.52. The standard InChI is InChI=1S/C117H109N11.Pd/c1-110(2,3)68-42-64(43-69(51-68)111(4,5)6)98-102-76-50-63-41-62-33-25-26-34-84(62)118-91(63)55-77(76)103(125-102)99(65-44-70(112(7,8)9)52-71(45-65)113(10,11)12)105-80-58-94-95(122-88-38-30-29-37-87(88)121-94)59-81(80)107(127-105)101(67-48-74(116(19,20)21)54-75(49-67)117(22,23)24)109-83-61-97-96(123-89-39-31-32-40-90(89)124-97)60-82(83)108(128-109)100(66-46-72(114(13,14)15)53-73(47-66)115(16,17)18)106-79-57-93-92(56-78(79)104(98)126-106)119-85-35-27-28-36-86(85)120-93;/h25-61H,1-24H3;/q-2;+2. The van der Waals surface area contributed by atoms with Crippen LogP contribution in [-0.2, 0) is 63.7 Å². The van der Waals surface area contributed by atoms with Gasteiger partial charge in [-0.15, -0.1) is 22.1 Å². The predicted octanol–water partition coefficient (Wildman–Crippen LogP) is 30.6. The maximum absolute atomic E-state index is 6.72. The van der Waals surface area contributed by atoms with Crippen molar-refractivity contribution in [2.45, 2.75) is 209 Å². The van der Waals surface area contributed by atoms with Crippen LogP contribution >= 0.6 is 0 Å². The molecule has 3 aliphatic rings. The van der Waals surface area contributed by atoms with Crippen molar-refractivity contribution >= 4 is 132 Å². The molecule has 12 aromatic carbocycles. The quantitative estimate of drug-likeness (QED) is 0.123. The van der Waals surface area contributed by atoms with Crippen LogP contribution in [0.25, 0.3) is 221 Å². The number of pyridine rings is 1. The average Bonchev–Trinajstić information content (AvgIpc) is 1.54. The van der Waals surface area contributed by atoms with Crippen molar-refractivity contribution in [3.8, 4) is 89.5 Å². The van der Waals surface area contributed by atoms with E-state index in [1.54, 1.807) is 0 Å². The molecular formula is C117H109N11Pd. The van der Waals surface area contributed by atoms with E-state index in [2.05, 4.69) is 360 Å². The topological polar surface area (TPSA) is 144 Å². The molecule has 1 aliphatic carbocycles. The van der Waals surface area contributed by atoms with E-state index in [4.69, 9.17) is 54.8 Å². The minimum absolute atomic E-state index is 0. The Morgan fingerprint density at radius 1 is 0.178 bits per heavy atom. The van der Waals surface area contributed by atoms with Gasteiger partial charge in [-0.3, -0.25) is 0 Å². The Kier molecular flexibility index (Phi) is 19.1. The fourth-order valence-electron chi connectivity index (χ4n) is 18.9. The predicted molar refractivity (Wildman–Crippen MR) is 539 cm³/mol. The summed E-state index contributed by atoms with van der Waals surface area (Å²) in [6, 6.07) is 83.0. The molecule has 129 heavy (non-hydrogen) atoms. The van der Waals surface area contributed by atoms with E-state index in [-0.39, 0.29) is 63.7 Å². The molecule has 0 amide bonds. The molecule has 0 unspecified atom stereocenters. The van der Waals surface area contributed by atoms with E-state index in [1.165, 1.54) is 44.5 Å². The van der Waals surface area contributed by atoms with Crippen molar-refractivity contribution in [2.24, 2.45) is 0 Å². The molecule has 0 spiro atoms. The normalized spacial score (nSPS) is 13.2. The van der Waals surface area contributed by atoms with Crippen LogP contribution in [0.2, 0.25) is 0 Å². The number of benzene rings is 12. The van der Waals surface area contributed by atoms with Gasteiger partial charge in [0.1, 0.15) is 0 Å². The molecule has 8 heterocycles. The zero-order valence-corrected chi connectivity index (χ0v) is 80.2. The molecule has 0 saturated carbocycles. The van der Waals surface area contributed by atoms with Crippen LogP contribution in [0, 0.1) is 0 Å². The van der Waals surface area contributed by atoms with E-state index < -0.39 is 0 Å². The van der Waals surface area contributed by atoms with E-state index >= 15 is 0 Å². The Morgan fingerprint density at radius 3 is 0.620 bits per heavy atom. The van der Waals surface area contributed by atoms with Crippen molar-refractivity contribution in [3.05, 3.63) is 269 Å². The second kappa shape index (κ2) is 29.2. The summed E-state index contributed by atoms with van der Waals surface area (Å²) in [4.78, 5) is 66.3. The fourth-order valence-corrected chi connectivity index (χ4v) is 18.9. The first-order valence-electron chi connectivity index (χ1n) is 45.4. The van der Waals surface area contributed by atoms with Crippen molar-refractivity contribution in [1.82, 2.24) is 54.8 Å². The van der Waals surface area contributed by atoms with Crippen LogP contribution in [0.1, 0.15) is 211 Å². The third-order valence-electron chi connectivity index (χ3n) is 26.7. The Hall–Kier alpha value is -12.6. The van der Waals surface area contributed by atoms with Gasteiger partial charge in [-0.25, -0.2) is 44.9 Å². The Labute approximate surface area is 769 Å². The van der Waals surface area contributed by atoms with E-state index in [0.717, 1.165) is 221 Å². The summed E-state index contributed by atoms with van der Waals surface area (Å²) in [7, 11) is 0. The molecular weight excluding hydrogens is 1670 g/mol. The molecule has 11 nitrogen and oxygen atoms in total. The van der Waals surface area contributed by atoms with Crippen LogP contribution < -0.4 is 9.97 Å². The van der Waals surface area contributed by atoms with Crippen molar-refractivity contribution in [3.63, 3.8) is 0 Å². The zero-order chi connectivity index (χ0) is 89.7. The number of nitrogens with zero attached hydrogens (tertiary/aromatic N) is 11. The van der Waals surface area contributed by atoms with Gasteiger partial charge in [0.25, 0.3) is 0 Å². The number of rotatable bonds is 4. The van der Waals surface area contributed by atoms with Gasteiger partial charge in [0.2, 0.25) is 0 Å². The molecule has 0 atom stereocenters. The minimum atomic E-state index is -0.337. The van der Waals surface area contributed by atoms with Gasteiger partial charge >= 0.3 is 20.4 Å². The molecule has 21 rings (SSSR count). The van der Waals surface area contributed by atoms with Gasteiger partial charge in [-0.1, -0.05) is 294 Å². The Balaban J connectivity index is 0.0000104. The van der Waals surface area contributed by atoms with E-state index in [0.29, 0.717) is 0 Å².